The third-order valence-corrected chi connectivity index (χ3v) is 9.88. The van der Waals surface area contributed by atoms with E-state index in [1.807, 2.05) is 6.07 Å². The Morgan fingerprint density at radius 2 is 1.56 bits per heavy atom. The second-order valence-corrected chi connectivity index (χ2v) is 13.8. The van der Waals surface area contributed by atoms with Crippen LogP contribution in [0.25, 0.3) is 0 Å². The fourth-order valence-corrected chi connectivity index (χ4v) is 7.59. The van der Waals surface area contributed by atoms with E-state index in [0.29, 0.717) is 6.42 Å². The summed E-state index contributed by atoms with van der Waals surface area (Å²) in [6.45, 7) is 4.42. The highest BCUT2D eigenvalue weighted by Crippen LogP contribution is 2.38. The predicted octanol–water partition coefficient (Wildman–Crippen LogP) is 5.55. The first kappa shape index (κ1) is 29.9. The Balaban J connectivity index is 1.35. The molecule has 13 heteroatoms. The van der Waals surface area contributed by atoms with Crippen molar-refractivity contribution in [1.29, 1.82) is 0 Å². The Morgan fingerprint density at radius 3 is 2.23 bits per heavy atom. The average Bonchev–Trinajstić information content (AvgIpc) is 2.88. The standard InChI is InChI=1S/C26H27Cl3N2O6S2/c1-17-12-21(15-22(27)25(17)32)39(35,36)37-26-23(28)13-20(14-24(26)29)38(33,34)30-9-4-5-10-31-11-8-18-6-2-3-7-19(18)16-31/h2-3,6-7,12-15,30,32H,4-5,8-11,16H2,1H3. The lowest BCUT2D eigenvalue weighted by Crippen LogP contribution is -2.32. The van der Waals surface area contributed by atoms with Crippen molar-refractivity contribution in [2.75, 3.05) is 19.6 Å². The molecule has 210 valence electrons. The van der Waals surface area contributed by atoms with Gasteiger partial charge in [-0.15, -0.1) is 0 Å². The molecule has 0 unspecified atom stereocenters. The van der Waals surface area contributed by atoms with Crippen LogP contribution in [0.1, 0.15) is 29.5 Å². The van der Waals surface area contributed by atoms with Gasteiger partial charge in [-0.2, -0.15) is 8.42 Å². The number of halogens is 3. The molecule has 0 amide bonds. The van der Waals surface area contributed by atoms with Gasteiger partial charge in [0, 0.05) is 19.6 Å². The molecule has 3 aromatic carbocycles. The van der Waals surface area contributed by atoms with Crippen molar-refractivity contribution in [3.05, 3.63) is 80.3 Å². The van der Waals surface area contributed by atoms with Crippen molar-refractivity contribution >= 4 is 54.9 Å². The molecule has 1 aliphatic rings. The first-order valence-electron chi connectivity index (χ1n) is 12.1. The van der Waals surface area contributed by atoms with Gasteiger partial charge in [0.25, 0.3) is 0 Å². The van der Waals surface area contributed by atoms with Crippen LogP contribution in [-0.4, -0.2) is 46.5 Å². The highest BCUT2D eigenvalue weighted by molar-refractivity contribution is 7.89. The molecule has 0 radical (unpaired) electrons. The normalized spacial score (nSPS) is 14.3. The van der Waals surface area contributed by atoms with Crippen LogP contribution in [0, 0.1) is 6.92 Å². The number of hydrogen-bond acceptors (Lipinski definition) is 7. The molecule has 0 aromatic heterocycles. The molecule has 0 atom stereocenters. The van der Waals surface area contributed by atoms with E-state index in [1.165, 1.54) is 24.1 Å². The van der Waals surface area contributed by atoms with Crippen molar-refractivity contribution in [2.24, 2.45) is 0 Å². The SMILES string of the molecule is Cc1cc(S(=O)(=O)Oc2c(Cl)cc(S(=O)(=O)NCCCCN3CCc4ccccc4C3)cc2Cl)cc(Cl)c1O. The summed E-state index contributed by atoms with van der Waals surface area (Å²) < 4.78 is 58.8. The van der Waals surface area contributed by atoms with Crippen LogP contribution in [0.15, 0.2) is 58.3 Å². The van der Waals surface area contributed by atoms with Gasteiger partial charge in [0.15, 0.2) is 5.75 Å². The number of sulfonamides is 1. The van der Waals surface area contributed by atoms with Crippen LogP contribution in [0.2, 0.25) is 15.1 Å². The van der Waals surface area contributed by atoms with Gasteiger partial charge in [-0.25, -0.2) is 13.1 Å². The third-order valence-electron chi connectivity index (χ3n) is 6.39. The van der Waals surface area contributed by atoms with Gasteiger partial charge in [0.1, 0.15) is 10.6 Å². The number of phenolic OH excluding ortho intramolecular Hbond substituents is 1. The van der Waals surface area contributed by atoms with Gasteiger partial charge in [0.2, 0.25) is 10.0 Å². The third kappa shape index (κ3) is 7.18. The quantitative estimate of drug-likeness (QED) is 0.223. The maximum Gasteiger partial charge on any atom is 0.339 e. The number of nitrogens with one attached hydrogen (secondary N) is 1. The molecule has 0 spiro atoms. The number of rotatable bonds is 10. The fourth-order valence-electron chi connectivity index (χ4n) is 4.27. The van der Waals surface area contributed by atoms with E-state index in [0.717, 1.165) is 50.7 Å². The topological polar surface area (TPSA) is 113 Å². The van der Waals surface area contributed by atoms with Crippen molar-refractivity contribution in [3.63, 3.8) is 0 Å². The van der Waals surface area contributed by atoms with Crippen LogP contribution in [0.5, 0.6) is 11.5 Å². The Morgan fingerprint density at radius 1 is 0.923 bits per heavy atom. The number of aryl methyl sites for hydroxylation is 1. The number of hydrogen-bond donors (Lipinski definition) is 2. The van der Waals surface area contributed by atoms with Gasteiger partial charge in [-0.1, -0.05) is 59.1 Å². The van der Waals surface area contributed by atoms with E-state index in [2.05, 4.69) is 27.8 Å². The molecule has 3 aromatic rings. The molecule has 8 nitrogen and oxygen atoms in total. The first-order chi connectivity index (χ1) is 18.4. The van der Waals surface area contributed by atoms with Crippen molar-refractivity contribution in [1.82, 2.24) is 9.62 Å². The lowest BCUT2D eigenvalue weighted by molar-refractivity contribution is 0.249. The summed E-state index contributed by atoms with van der Waals surface area (Å²) in [5.74, 6) is -0.687. The van der Waals surface area contributed by atoms with E-state index >= 15 is 0 Å². The Labute approximate surface area is 243 Å². The highest BCUT2D eigenvalue weighted by atomic mass is 35.5. The summed E-state index contributed by atoms with van der Waals surface area (Å²) in [5.41, 5.74) is 2.93. The summed E-state index contributed by atoms with van der Waals surface area (Å²) in [7, 11) is -8.41. The van der Waals surface area contributed by atoms with Crippen molar-refractivity contribution in [3.8, 4) is 11.5 Å². The van der Waals surface area contributed by atoms with Crippen LogP contribution in [0.4, 0.5) is 0 Å². The fraction of sp³-hybridized carbons (Fsp3) is 0.308. The molecular weight excluding hydrogens is 607 g/mol. The molecule has 0 fully saturated rings. The Kier molecular flexibility index (Phi) is 9.37. The number of aromatic hydroxyl groups is 1. The zero-order valence-electron chi connectivity index (χ0n) is 21.0. The van der Waals surface area contributed by atoms with Crippen LogP contribution in [-0.2, 0) is 33.1 Å². The number of phenols is 1. The van der Waals surface area contributed by atoms with Crippen molar-refractivity contribution < 1.29 is 26.1 Å². The molecule has 39 heavy (non-hydrogen) atoms. The van der Waals surface area contributed by atoms with Crippen LogP contribution in [0.3, 0.4) is 0 Å². The Bertz CT molecular complexity index is 1550. The monoisotopic (exact) mass is 632 g/mol. The predicted molar refractivity (Wildman–Crippen MR) is 152 cm³/mol. The number of unbranched alkanes of at least 4 members (excludes halogenated alkanes) is 1. The summed E-state index contributed by atoms with van der Waals surface area (Å²) in [6.07, 6.45) is 2.46. The molecule has 0 saturated heterocycles. The molecular formula is C26H27Cl3N2O6S2. The molecule has 1 heterocycles. The smallest absolute Gasteiger partial charge is 0.339 e. The lowest BCUT2D eigenvalue weighted by atomic mass is 10.00. The minimum absolute atomic E-state index is 0.178. The van der Waals surface area contributed by atoms with E-state index in [4.69, 9.17) is 39.0 Å². The number of benzene rings is 3. The van der Waals surface area contributed by atoms with E-state index in [-0.39, 0.29) is 42.7 Å². The molecule has 0 bridgehead atoms. The zero-order chi connectivity index (χ0) is 28.4. The number of fused-ring (bicyclic) bond motifs is 1. The molecule has 1 aliphatic heterocycles. The summed E-state index contributed by atoms with van der Waals surface area (Å²) in [6, 6.07) is 12.7. The molecule has 2 N–H and O–H groups in total. The lowest BCUT2D eigenvalue weighted by Gasteiger charge is -2.28. The second kappa shape index (κ2) is 12.2. The number of nitrogens with zero attached hydrogens (tertiary/aromatic N) is 1. The van der Waals surface area contributed by atoms with Crippen molar-refractivity contribution in [2.45, 2.75) is 42.5 Å². The van der Waals surface area contributed by atoms with Gasteiger partial charge < -0.3 is 9.29 Å². The average molecular weight is 634 g/mol. The van der Waals surface area contributed by atoms with Crippen LogP contribution < -0.4 is 8.91 Å². The van der Waals surface area contributed by atoms with E-state index in [1.54, 1.807) is 0 Å². The maximum absolute atomic E-state index is 12.8. The van der Waals surface area contributed by atoms with Gasteiger partial charge in [0.05, 0.1) is 20.0 Å². The van der Waals surface area contributed by atoms with Gasteiger partial charge >= 0.3 is 10.1 Å². The van der Waals surface area contributed by atoms with E-state index in [9.17, 15) is 21.9 Å². The first-order valence-corrected chi connectivity index (χ1v) is 16.1. The molecule has 0 aliphatic carbocycles. The van der Waals surface area contributed by atoms with E-state index < -0.39 is 25.9 Å². The minimum atomic E-state index is -4.45. The zero-order valence-corrected chi connectivity index (χ0v) is 24.9. The summed E-state index contributed by atoms with van der Waals surface area (Å²) >= 11 is 18.3. The largest absolute Gasteiger partial charge is 0.506 e. The second-order valence-electron chi connectivity index (χ2n) is 9.22. The Hall–Kier alpha value is -2.05. The minimum Gasteiger partial charge on any atom is -0.506 e. The molecule has 4 rings (SSSR count). The van der Waals surface area contributed by atoms with Crippen LogP contribution >= 0.6 is 34.8 Å². The summed E-state index contributed by atoms with van der Waals surface area (Å²) in [4.78, 5) is 1.80. The molecule has 0 saturated carbocycles. The van der Waals surface area contributed by atoms with Gasteiger partial charge in [-0.05, 0) is 73.7 Å². The highest BCUT2D eigenvalue weighted by Gasteiger charge is 2.25. The summed E-state index contributed by atoms with van der Waals surface area (Å²) in [5, 5.41) is 9.00. The maximum atomic E-state index is 12.8. The van der Waals surface area contributed by atoms with Gasteiger partial charge in [-0.3, -0.25) is 4.90 Å².